The molecule has 1 fully saturated rings. The van der Waals surface area contributed by atoms with Gasteiger partial charge in [0.2, 0.25) is 0 Å². The van der Waals surface area contributed by atoms with Gasteiger partial charge in [-0.25, -0.2) is 0 Å². The number of hydrogen-bond donors (Lipinski definition) is 1. The normalized spacial score (nSPS) is 18.2. The molecule has 0 aliphatic carbocycles. The van der Waals surface area contributed by atoms with Crippen molar-refractivity contribution in [3.8, 4) is 5.75 Å². The smallest absolute Gasteiger partial charge is 0.295 e. The Hall–Kier alpha value is -3.28. The fourth-order valence-corrected chi connectivity index (χ4v) is 3.56. The summed E-state index contributed by atoms with van der Waals surface area (Å²) in [6.07, 6.45) is 0.710. The monoisotopic (exact) mass is 394 g/mol. The van der Waals surface area contributed by atoms with E-state index in [1.165, 1.54) is 0 Å². The van der Waals surface area contributed by atoms with Gasteiger partial charge in [0.25, 0.3) is 11.7 Å². The van der Waals surface area contributed by atoms with Gasteiger partial charge in [0.15, 0.2) is 0 Å². The van der Waals surface area contributed by atoms with Crippen molar-refractivity contribution < 1.29 is 19.4 Å². The molecule has 0 spiro atoms. The van der Waals surface area contributed by atoms with Crippen molar-refractivity contribution in [2.24, 2.45) is 0 Å². The van der Waals surface area contributed by atoms with Crippen molar-refractivity contribution in [3.05, 3.63) is 65.2 Å². The van der Waals surface area contributed by atoms with Gasteiger partial charge in [0.1, 0.15) is 11.5 Å². The first kappa shape index (κ1) is 20.5. The fourth-order valence-electron chi connectivity index (χ4n) is 3.56. The number of nitrogens with zero attached hydrogens (tertiary/aromatic N) is 2. The number of aliphatic hydroxyl groups excluding tert-OH is 1. The number of likely N-dealkylation sites (tertiary alicyclic amines) is 1. The van der Waals surface area contributed by atoms with E-state index in [2.05, 4.69) is 0 Å². The highest BCUT2D eigenvalue weighted by atomic mass is 16.5. The van der Waals surface area contributed by atoms with Crippen LogP contribution in [0.25, 0.3) is 5.76 Å². The molecule has 0 aromatic heterocycles. The van der Waals surface area contributed by atoms with Crippen LogP contribution in [0.3, 0.4) is 0 Å². The zero-order valence-corrected chi connectivity index (χ0v) is 17.2. The molecule has 29 heavy (non-hydrogen) atoms. The highest BCUT2D eigenvalue weighted by molar-refractivity contribution is 6.46. The lowest BCUT2D eigenvalue weighted by molar-refractivity contribution is -0.139. The highest BCUT2D eigenvalue weighted by Gasteiger charge is 2.45. The predicted molar refractivity (Wildman–Crippen MR) is 113 cm³/mol. The third kappa shape index (κ3) is 3.83. The molecule has 1 heterocycles. The van der Waals surface area contributed by atoms with Crippen LogP contribution in [-0.2, 0) is 9.59 Å². The number of benzene rings is 2. The summed E-state index contributed by atoms with van der Waals surface area (Å²) in [7, 11) is 5.45. The zero-order chi connectivity index (χ0) is 21.1. The summed E-state index contributed by atoms with van der Waals surface area (Å²) in [5.74, 6) is -0.771. The quantitative estimate of drug-likeness (QED) is 0.461. The van der Waals surface area contributed by atoms with Crippen molar-refractivity contribution >= 4 is 23.1 Å². The second kappa shape index (κ2) is 8.39. The summed E-state index contributed by atoms with van der Waals surface area (Å²) in [5.41, 5.74) is 2.39. The van der Waals surface area contributed by atoms with Gasteiger partial charge >= 0.3 is 0 Å². The number of aliphatic hydroxyl groups is 1. The molecule has 1 aliphatic rings. The lowest BCUT2D eigenvalue weighted by Gasteiger charge is -2.25. The lowest BCUT2D eigenvalue weighted by atomic mass is 9.95. The van der Waals surface area contributed by atoms with E-state index in [9.17, 15) is 14.7 Å². The van der Waals surface area contributed by atoms with Crippen molar-refractivity contribution in [3.63, 3.8) is 0 Å². The molecule has 3 rings (SSSR count). The van der Waals surface area contributed by atoms with Crippen LogP contribution < -0.4 is 9.64 Å². The number of Topliss-reactive ketones (excluding diaryl/α,β-unsaturated/α-hetero) is 1. The first-order valence-corrected chi connectivity index (χ1v) is 9.59. The maximum atomic E-state index is 12.8. The minimum Gasteiger partial charge on any atom is -0.507 e. The first-order chi connectivity index (χ1) is 13.9. The van der Waals surface area contributed by atoms with E-state index in [1.54, 1.807) is 36.3 Å². The van der Waals surface area contributed by atoms with E-state index in [-0.39, 0.29) is 11.3 Å². The molecule has 6 heteroatoms. The molecule has 1 amide bonds. The summed E-state index contributed by atoms with van der Waals surface area (Å²) in [6, 6.07) is 13.8. The van der Waals surface area contributed by atoms with Gasteiger partial charge in [-0.05, 0) is 48.4 Å². The number of ketones is 1. The molecule has 1 unspecified atom stereocenters. The van der Waals surface area contributed by atoms with Crippen LogP contribution in [-0.4, -0.2) is 49.4 Å². The Bertz CT molecular complexity index is 930. The van der Waals surface area contributed by atoms with Gasteiger partial charge in [-0.15, -0.1) is 0 Å². The Morgan fingerprint density at radius 1 is 1.07 bits per heavy atom. The predicted octanol–water partition coefficient (Wildman–Crippen LogP) is 3.59. The third-order valence-electron chi connectivity index (χ3n) is 5.09. The average molecular weight is 394 g/mol. The summed E-state index contributed by atoms with van der Waals surface area (Å²) in [4.78, 5) is 29.1. The maximum absolute atomic E-state index is 12.8. The third-order valence-corrected chi connectivity index (χ3v) is 5.09. The van der Waals surface area contributed by atoms with Crippen LogP contribution in [0.5, 0.6) is 5.75 Å². The topological polar surface area (TPSA) is 70.1 Å². The van der Waals surface area contributed by atoms with Gasteiger partial charge in [-0.3, -0.25) is 9.59 Å². The molecular formula is C23H26N2O4. The second-order valence-corrected chi connectivity index (χ2v) is 7.21. The Labute approximate surface area is 171 Å². The Morgan fingerprint density at radius 3 is 2.21 bits per heavy atom. The van der Waals surface area contributed by atoms with E-state index in [1.807, 2.05) is 50.2 Å². The number of carbonyl (C=O) groups excluding carboxylic acids is 2. The average Bonchev–Trinajstić information content (AvgIpc) is 2.98. The lowest BCUT2D eigenvalue weighted by Crippen LogP contribution is -2.30. The Balaban J connectivity index is 2.12. The molecule has 1 atom stereocenters. The minimum absolute atomic E-state index is 0.117. The van der Waals surface area contributed by atoms with Crippen LogP contribution in [0.15, 0.2) is 54.1 Å². The highest BCUT2D eigenvalue weighted by Crippen LogP contribution is 2.40. The molecule has 0 radical (unpaired) electrons. The number of rotatable bonds is 6. The van der Waals surface area contributed by atoms with Crippen molar-refractivity contribution in [1.82, 2.24) is 4.90 Å². The van der Waals surface area contributed by atoms with Crippen LogP contribution in [0.4, 0.5) is 5.69 Å². The van der Waals surface area contributed by atoms with E-state index in [4.69, 9.17) is 4.74 Å². The largest absolute Gasteiger partial charge is 0.507 e. The van der Waals surface area contributed by atoms with Gasteiger partial charge in [-0.1, -0.05) is 19.1 Å². The minimum atomic E-state index is -0.659. The summed E-state index contributed by atoms with van der Waals surface area (Å²) >= 11 is 0. The van der Waals surface area contributed by atoms with Crippen LogP contribution in [0.2, 0.25) is 0 Å². The van der Waals surface area contributed by atoms with Crippen molar-refractivity contribution in [1.29, 1.82) is 0 Å². The number of anilines is 1. The Kier molecular flexibility index (Phi) is 5.92. The molecular weight excluding hydrogens is 368 g/mol. The second-order valence-electron chi connectivity index (χ2n) is 7.21. The SMILES string of the molecule is CCCN1C(=O)C(=O)/C(=C(\O)c2ccc(OC)cc2)C1c1ccc(N(C)C)cc1. The fraction of sp³-hybridized carbons (Fsp3) is 0.304. The van der Waals surface area contributed by atoms with Gasteiger partial charge < -0.3 is 19.6 Å². The molecule has 2 aromatic rings. The van der Waals surface area contributed by atoms with E-state index in [0.29, 0.717) is 24.3 Å². The van der Waals surface area contributed by atoms with Crippen molar-refractivity contribution in [2.45, 2.75) is 19.4 Å². The van der Waals surface area contributed by atoms with Gasteiger partial charge in [-0.2, -0.15) is 0 Å². The van der Waals surface area contributed by atoms with E-state index < -0.39 is 17.7 Å². The summed E-state index contributed by atoms with van der Waals surface area (Å²) < 4.78 is 5.15. The number of ether oxygens (including phenoxy) is 1. The standard InChI is InChI=1S/C23H26N2O4/c1-5-14-25-20(15-6-10-17(11-7-15)24(2)3)19(22(27)23(25)28)21(26)16-8-12-18(29-4)13-9-16/h6-13,20,26H,5,14H2,1-4H3/b21-19-. The molecule has 1 saturated heterocycles. The van der Waals surface area contributed by atoms with E-state index >= 15 is 0 Å². The van der Waals surface area contributed by atoms with Crippen LogP contribution in [0.1, 0.15) is 30.5 Å². The van der Waals surface area contributed by atoms with Crippen LogP contribution >= 0.6 is 0 Å². The zero-order valence-electron chi connectivity index (χ0n) is 17.2. The molecule has 0 bridgehead atoms. The van der Waals surface area contributed by atoms with Crippen LogP contribution in [0, 0.1) is 0 Å². The molecule has 1 aliphatic heterocycles. The maximum Gasteiger partial charge on any atom is 0.295 e. The number of carbonyl (C=O) groups is 2. The molecule has 6 nitrogen and oxygen atoms in total. The van der Waals surface area contributed by atoms with Gasteiger partial charge in [0, 0.05) is 31.9 Å². The summed E-state index contributed by atoms with van der Waals surface area (Å²) in [6.45, 7) is 2.39. The Morgan fingerprint density at radius 2 is 1.69 bits per heavy atom. The number of amides is 1. The number of hydrogen-bond acceptors (Lipinski definition) is 5. The molecule has 2 aromatic carbocycles. The van der Waals surface area contributed by atoms with Crippen molar-refractivity contribution in [2.75, 3.05) is 32.6 Å². The first-order valence-electron chi connectivity index (χ1n) is 9.59. The molecule has 152 valence electrons. The molecule has 0 saturated carbocycles. The summed E-state index contributed by atoms with van der Waals surface area (Å²) in [5, 5.41) is 11.0. The van der Waals surface area contributed by atoms with E-state index in [0.717, 1.165) is 11.3 Å². The number of methoxy groups -OCH3 is 1. The molecule has 1 N–H and O–H groups in total. The van der Waals surface area contributed by atoms with Gasteiger partial charge in [0.05, 0.1) is 18.7 Å².